The Labute approximate surface area is 149 Å². The molecule has 1 saturated heterocycles. The van der Waals surface area contributed by atoms with Crippen molar-refractivity contribution in [1.82, 2.24) is 0 Å². The summed E-state index contributed by atoms with van der Waals surface area (Å²) in [6.07, 6.45) is -0.0208. The Hall–Kier alpha value is -3.42. The van der Waals surface area contributed by atoms with Crippen molar-refractivity contribution >= 4 is 28.9 Å². The van der Waals surface area contributed by atoms with Crippen LogP contribution in [0.1, 0.15) is 12.0 Å². The lowest BCUT2D eigenvalue weighted by atomic mass is 10.1. The van der Waals surface area contributed by atoms with Crippen molar-refractivity contribution in [2.45, 2.75) is 19.4 Å². The van der Waals surface area contributed by atoms with Crippen LogP contribution >= 0.6 is 0 Å². The molecule has 1 aliphatic rings. The summed E-state index contributed by atoms with van der Waals surface area (Å²) in [5, 5.41) is 14.0. The number of imide groups is 1. The number of anilines is 2. The van der Waals surface area contributed by atoms with Crippen molar-refractivity contribution in [1.29, 1.82) is 0 Å². The van der Waals surface area contributed by atoms with Gasteiger partial charge in [0.1, 0.15) is 11.8 Å². The molecule has 1 atom stereocenters. The van der Waals surface area contributed by atoms with E-state index in [1.807, 2.05) is 0 Å². The van der Waals surface area contributed by atoms with Gasteiger partial charge in [0.25, 0.3) is 11.6 Å². The van der Waals surface area contributed by atoms with E-state index in [0.717, 1.165) is 4.90 Å². The quantitative estimate of drug-likeness (QED) is 0.503. The number of aryl methyl sites for hydroxylation is 1. The topological polar surface area (TPSA) is 102 Å². The zero-order valence-electron chi connectivity index (χ0n) is 14.3. The van der Waals surface area contributed by atoms with E-state index in [-0.39, 0.29) is 17.8 Å². The number of carbonyl (C=O) groups is 2. The van der Waals surface area contributed by atoms with Gasteiger partial charge < -0.3 is 10.1 Å². The van der Waals surface area contributed by atoms with E-state index in [2.05, 4.69) is 5.32 Å². The van der Waals surface area contributed by atoms with Gasteiger partial charge in [-0.3, -0.25) is 19.7 Å². The maximum absolute atomic E-state index is 12.7. The predicted molar refractivity (Wildman–Crippen MR) is 95.3 cm³/mol. The largest absolute Gasteiger partial charge is 0.497 e. The minimum atomic E-state index is -0.727. The maximum atomic E-state index is 12.7. The number of carbonyl (C=O) groups excluding carboxylic acids is 2. The van der Waals surface area contributed by atoms with Gasteiger partial charge in [-0.25, -0.2) is 4.90 Å². The Morgan fingerprint density at radius 3 is 2.50 bits per heavy atom. The highest BCUT2D eigenvalue weighted by atomic mass is 16.6. The molecular formula is C18H17N3O5. The van der Waals surface area contributed by atoms with Crippen molar-refractivity contribution in [2.75, 3.05) is 17.3 Å². The van der Waals surface area contributed by atoms with E-state index in [4.69, 9.17) is 4.74 Å². The SMILES string of the molecule is COc1ccc(N[C@@H]2CC(=O)N(c3cc([N+](=O)[O-])ccc3C)C2=O)cc1. The predicted octanol–water partition coefficient (Wildman–Crippen LogP) is 2.66. The molecule has 3 rings (SSSR count). The first kappa shape index (κ1) is 17.4. The Morgan fingerprint density at radius 1 is 1.19 bits per heavy atom. The van der Waals surface area contributed by atoms with E-state index < -0.39 is 22.8 Å². The summed E-state index contributed by atoms with van der Waals surface area (Å²) in [6, 6.07) is 10.4. The normalized spacial score (nSPS) is 16.7. The van der Waals surface area contributed by atoms with Gasteiger partial charge in [0.15, 0.2) is 0 Å². The van der Waals surface area contributed by atoms with Crippen LogP contribution in [0.15, 0.2) is 42.5 Å². The summed E-state index contributed by atoms with van der Waals surface area (Å²) in [6.45, 7) is 1.70. The first-order valence-corrected chi connectivity index (χ1v) is 7.93. The zero-order chi connectivity index (χ0) is 18.8. The molecule has 8 heteroatoms. The Balaban J connectivity index is 1.85. The number of amides is 2. The molecule has 0 unspecified atom stereocenters. The lowest BCUT2D eigenvalue weighted by molar-refractivity contribution is -0.384. The maximum Gasteiger partial charge on any atom is 0.271 e. The first-order chi connectivity index (χ1) is 12.4. The average molecular weight is 355 g/mol. The smallest absolute Gasteiger partial charge is 0.271 e. The van der Waals surface area contributed by atoms with Crippen molar-refractivity contribution < 1.29 is 19.2 Å². The van der Waals surface area contributed by atoms with E-state index in [1.165, 1.54) is 18.2 Å². The van der Waals surface area contributed by atoms with Gasteiger partial charge in [-0.15, -0.1) is 0 Å². The Kier molecular flexibility index (Phi) is 4.57. The standard InChI is InChI=1S/C18H17N3O5/c1-11-3-6-13(21(24)25)9-16(11)20-17(22)10-15(18(20)23)19-12-4-7-14(26-2)8-5-12/h3-9,15,19H,10H2,1-2H3/t15-/m1/s1. The van der Waals surface area contributed by atoms with E-state index in [1.54, 1.807) is 38.3 Å². The minimum Gasteiger partial charge on any atom is -0.497 e. The number of ether oxygens (including phenoxy) is 1. The van der Waals surface area contributed by atoms with Crippen LogP contribution in [-0.4, -0.2) is 29.9 Å². The molecule has 0 spiro atoms. The van der Waals surface area contributed by atoms with Gasteiger partial charge in [-0.1, -0.05) is 6.07 Å². The third-order valence-corrected chi connectivity index (χ3v) is 4.22. The molecule has 26 heavy (non-hydrogen) atoms. The van der Waals surface area contributed by atoms with Crippen LogP contribution in [0.25, 0.3) is 0 Å². The average Bonchev–Trinajstić information content (AvgIpc) is 2.89. The Morgan fingerprint density at radius 2 is 1.88 bits per heavy atom. The van der Waals surface area contributed by atoms with Crippen LogP contribution in [0.3, 0.4) is 0 Å². The Bertz CT molecular complexity index is 879. The third-order valence-electron chi connectivity index (χ3n) is 4.22. The second kappa shape index (κ2) is 6.83. The number of hydrogen-bond acceptors (Lipinski definition) is 6. The molecule has 8 nitrogen and oxygen atoms in total. The zero-order valence-corrected chi connectivity index (χ0v) is 14.3. The number of nitro benzene ring substituents is 1. The van der Waals surface area contributed by atoms with Crippen molar-refractivity contribution in [2.24, 2.45) is 0 Å². The number of nitrogens with one attached hydrogen (secondary N) is 1. The fourth-order valence-corrected chi connectivity index (χ4v) is 2.84. The molecule has 0 radical (unpaired) electrons. The lowest BCUT2D eigenvalue weighted by Gasteiger charge is -2.18. The van der Waals surface area contributed by atoms with Gasteiger partial charge in [-0.05, 0) is 36.8 Å². The van der Waals surface area contributed by atoms with Crippen LogP contribution in [-0.2, 0) is 9.59 Å². The number of benzene rings is 2. The summed E-state index contributed by atoms with van der Waals surface area (Å²) < 4.78 is 5.08. The summed E-state index contributed by atoms with van der Waals surface area (Å²) in [4.78, 5) is 36.6. The highest BCUT2D eigenvalue weighted by Gasteiger charge is 2.40. The van der Waals surface area contributed by atoms with Gasteiger partial charge in [-0.2, -0.15) is 0 Å². The van der Waals surface area contributed by atoms with Gasteiger partial charge in [0.2, 0.25) is 5.91 Å². The molecular weight excluding hydrogens is 338 g/mol. The van der Waals surface area contributed by atoms with Crippen LogP contribution < -0.4 is 15.0 Å². The van der Waals surface area contributed by atoms with Crippen molar-refractivity contribution in [3.63, 3.8) is 0 Å². The highest BCUT2D eigenvalue weighted by molar-refractivity contribution is 6.23. The molecule has 2 aromatic rings. The molecule has 0 aromatic heterocycles. The number of rotatable bonds is 5. The number of hydrogen-bond donors (Lipinski definition) is 1. The van der Waals surface area contributed by atoms with Gasteiger partial charge in [0.05, 0.1) is 24.1 Å². The second-order valence-electron chi connectivity index (χ2n) is 5.92. The van der Waals surface area contributed by atoms with Gasteiger partial charge >= 0.3 is 0 Å². The molecule has 134 valence electrons. The molecule has 1 N–H and O–H groups in total. The summed E-state index contributed by atoms with van der Waals surface area (Å²) in [5.41, 5.74) is 1.36. The van der Waals surface area contributed by atoms with Crippen LogP contribution in [0.4, 0.5) is 17.1 Å². The van der Waals surface area contributed by atoms with E-state index in [9.17, 15) is 19.7 Å². The molecule has 1 aliphatic heterocycles. The lowest BCUT2D eigenvalue weighted by Crippen LogP contribution is -2.35. The van der Waals surface area contributed by atoms with Crippen molar-refractivity contribution in [3.8, 4) is 5.75 Å². The number of methoxy groups -OCH3 is 1. The molecule has 2 amide bonds. The molecule has 0 bridgehead atoms. The summed E-state index contributed by atoms with van der Waals surface area (Å²) in [5.74, 6) is -0.155. The third kappa shape index (κ3) is 3.21. The van der Waals surface area contributed by atoms with Crippen molar-refractivity contribution in [3.05, 3.63) is 58.1 Å². The van der Waals surface area contributed by atoms with E-state index >= 15 is 0 Å². The molecule has 1 fully saturated rings. The molecule has 0 aliphatic carbocycles. The molecule has 1 heterocycles. The summed E-state index contributed by atoms with van der Waals surface area (Å²) in [7, 11) is 1.56. The van der Waals surface area contributed by atoms with Crippen LogP contribution in [0, 0.1) is 17.0 Å². The molecule has 2 aromatic carbocycles. The fraction of sp³-hybridized carbons (Fsp3) is 0.222. The van der Waals surface area contributed by atoms with Crippen LogP contribution in [0.2, 0.25) is 0 Å². The van der Waals surface area contributed by atoms with Gasteiger partial charge in [0, 0.05) is 17.8 Å². The first-order valence-electron chi connectivity index (χ1n) is 7.93. The second-order valence-corrected chi connectivity index (χ2v) is 5.92. The monoisotopic (exact) mass is 355 g/mol. The number of nitrogens with zero attached hydrogens (tertiary/aromatic N) is 2. The number of nitro groups is 1. The summed E-state index contributed by atoms with van der Waals surface area (Å²) >= 11 is 0. The highest BCUT2D eigenvalue weighted by Crippen LogP contribution is 2.31. The number of non-ortho nitro benzene ring substituents is 1. The van der Waals surface area contributed by atoms with E-state index in [0.29, 0.717) is 17.0 Å². The fourth-order valence-electron chi connectivity index (χ4n) is 2.84. The van der Waals surface area contributed by atoms with Crippen LogP contribution in [0.5, 0.6) is 5.75 Å². The molecule has 0 saturated carbocycles. The minimum absolute atomic E-state index is 0.0208.